The van der Waals surface area contributed by atoms with E-state index in [-0.39, 0.29) is 11.9 Å². The van der Waals surface area contributed by atoms with Crippen molar-refractivity contribution in [2.24, 2.45) is 5.92 Å². The first-order chi connectivity index (χ1) is 9.74. The van der Waals surface area contributed by atoms with Crippen LogP contribution in [0.2, 0.25) is 5.02 Å². The molecule has 0 bridgehead atoms. The number of benzene rings is 1. The number of hydrogen-bond acceptors (Lipinski definition) is 3. The fourth-order valence-electron chi connectivity index (χ4n) is 2.49. The van der Waals surface area contributed by atoms with E-state index in [0.717, 1.165) is 24.4 Å². The smallest absolute Gasteiger partial charge is 0.234 e. The number of carbonyl (C=O) groups excluding carboxylic acids is 1. The monoisotopic (exact) mass is 294 g/mol. The Labute approximate surface area is 123 Å². The first-order valence-corrected chi connectivity index (χ1v) is 7.53. The molecule has 1 saturated carbocycles. The summed E-state index contributed by atoms with van der Waals surface area (Å²) < 4.78 is 5.59. The highest BCUT2D eigenvalue weighted by atomic mass is 35.5. The Balaban J connectivity index is 1.57. The molecule has 108 valence electrons. The van der Waals surface area contributed by atoms with E-state index in [0.29, 0.717) is 23.9 Å². The van der Waals surface area contributed by atoms with Gasteiger partial charge in [-0.15, -0.1) is 0 Å². The SMILES string of the molecule is O=C(CNCC1CC1)NC1CCOc2c(Cl)cccc21. The predicted octanol–water partition coefficient (Wildman–Crippen LogP) is 2.28. The number of carbonyl (C=O) groups is 1. The fraction of sp³-hybridized carbons (Fsp3) is 0.533. The molecule has 1 aromatic carbocycles. The summed E-state index contributed by atoms with van der Waals surface area (Å²) in [4.78, 5) is 12.0. The largest absolute Gasteiger partial charge is 0.492 e. The van der Waals surface area contributed by atoms with Gasteiger partial charge >= 0.3 is 0 Å². The molecule has 1 aliphatic heterocycles. The molecule has 1 aromatic rings. The van der Waals surface area contributed by atoms with Crippen LogP contribution in [0.5, 0.6) is 5.75 Å². The Morgan fingerprint density at radius 2 is 2.20 bits per heavy atom. The van der Waals surface area contributed by atoms with Crippen molar-refractivity contribution in [2.45, 2.75) is 25.3 Å². The fourth-order valence-corrected chi connectivity index (χ4v) is 2.73. The molecule has 1 fully saturated rings. The molecule has 1 amide bonds. The second-order valence-electron chi connectivity index (χ2n) is 5.49. The number of rotatable bonds is 5. The van der Waals surface area contributed by atoms with Crippen LogP contribution in [0.4, 0.5) is 0 Å². The van der Waals surface area contributed by atoms with Gasteiger partial charge in [0.05, 0.1) is 24.2 Å². The van der Waals surface area contributed by atoms with Gasteiger partial charge in [-0.25, -0.2) is 0 Å². The minimum atomic E-state index is -0.00678. The van der Waals surface area contributed by atoms with Gasteiger partial charge < -0.3 is 15.4 Å². The Bertz CT molecular complexity index is 503. The number of para-hydroxylation sites is 1. The van der Waals surface area contributed by atoms with Crippen LogP contribution in [-0.2, 0) is 4.79 Å². The molecule has 2 aliphatic rings. The Morgan fingerprint density at radius 1 is 1.35 bits per heavy atom. The van der Waals surface area contributed by atoms with Crippen molar-refractivity contribution < 1.29 is 9.53 Å². The van der Waals surface area contributed by atoms with Crippen molar-refractivity contribution in [3.63, 3.8) is 0 Å². The summed E-state index contributed by atoms with van der Waals surface area (Å²) in [7, 11) is 0. The average Bonchev–Trinajstić information content (AvgIpc) is 3.24. The minimum Gasteiger partial charge on any atom is -0.492 e. The van der Waals surface area contributed by atoms with Crippen molar-refractivity contribution in [3.05, 3.63) is 28.8 Å². The molecule has 0 radical (unpaired) electrons. The average molecular weight is 295 g/mol. The molecule has 4 nitrogen and oxygen atoms in total. The van der Waals surface area contributed by atoms with Crippen LogP contribution in [0.1, 0.15) is 30.9 Å². The number of fused-ring (bicyclic) bond motifs is 1. The predicted molar refractivity (Wildman–Crippen MR) is 78.0 cm³/mol. The Morgan fingerprint density at radius 3 is 3.00 bits per heavy atom. The zero-order valence-corrected chi connectivity index (χ0v) is 12.1. The summed E-state index contributed by atoms with van der Waals surface area (Å²) in [5.74, 6) is 1.52. The van der Waals surface area contributed by atoms with E-state index in [1.54, 1.807) is 0 Å². The van der Waals surface area contributed by atoms with Crippen molar-refractivity contribution in [3.8, 4) is 5.75 Å². The summed E-state index contributed by atoms with van der Waals surface area (Å²) in [6.45, 7) is 1.91. The van der Waals surface area contributed by atoms with Gasteiger partial charge in [0.1, 0.15) is 5.75 Å². The van der Waals surface area contributed by atoms with Gasteiger partial charge in [-0.05, 0) is 31.4 Å². The highest BCUT2D eigenvalue weighted by molar-refractivity contribution is 6.32. The van der Waals surface area contributed by atoms with Crippen LogP contribution < -0.4 is 15.4 Å². The van der Waals surface area contributed by atoms with E-state index in [1.165, 1.54) is 12.8 Å². The lowest BCUT2D eigenvalue weighted by Gasteiger charge is -2.27. The molecule has 5 heteroatoms. The number of hydrogen-bond donors (Lipinski definition) is 2. The van der Waals surface area contributed by atoms with Crippen LogP contribution in [0.3, 0.4) is 0 Å². The summed E-state index contributed by atoms with van der Waals surface area (Å²) >= 11 is 6.12. The van der Waals surface area contributed by atoms with Gasteiger partial charge in [-0.3, -0.25) is 4.79 Å². The molecule has 1 aliphatic carbocycles. The van der Waals surface area contributed by atoms with Crippen molar-refractivity contribution >= 4 is 17.5 Å². The van der Waals surface area contributed by atoms with Crippen LogP contribution in [0.15, 0.2) is 18.2 Å². The zero-order chi connectivity index (χ0) is 13.9. The molecule has 2 N–H and O–H groups in total. The minimum absolute atomic E-state index is 0.00678. The van der Waals surface area contributed by atoms with Gasteiger partial charge in [-0.2, -0.15) is 0 Å². The van der Waals surface area contributed by atoms with Crippen molar-refractivity contribution in [2.75, 3.05) is 19.7 Å². The molecule has 1 heterocycles. The molecule has 20 heavy (non-hydrogen) atoms. The zero-order valence-electron chi connectivity index (χ0n) is 11.3. The molecule has 3 rings (SSSR count). The van der Waals surface area contributed by atoms with E-state index >= 15 is 0 Å². The Hall–Kier alpha value is -1.26. The lowest BCUT2D eigenvalue weighted by molar-refractivity contribution is -0.121. The van der Waals surface area contributed by atoms with Gasteiger partial charge in [0.25, 0.3) is 0 Å². The van der Waals surface area contributed by atoms with Crippen molar-refractivity contribution in [1.82, 2.24) is 10.6 Å². The second kappa shape index (κ2) is 6.02. The van der Waals surface area contributed by atoms with Crippen LogP contribution >= 0.6 is 11.6 Å². The van der Waals surface area contributed by atoms with Crippen molar-refractivity contribution in [1.29, 1.82) is 0 Å². The first-order valence-electron chi connectivity index (χ1n) is 7.15. The number of nitrogens with one attached hydrogen (secondary N) is 2. The molecular formula is C15H19ClN2O2. The maximum atomic E-state index is 12.0. The van der Waals surface area contributed by atoms with Crippen LogP contribution in [0.25, 0.3) is 0 Å². The second-order valence-corrected chi connectivity index (χ2v) is 5.90. The third-order valence-electron chi connectivity index (χ3n) is 3.78. The summed E-state index contributed by atoms with van der Waals surface area (Å²) in [5, 5.41) is 6.86. The summed E-state index contributed by atoms with van der Waals surface area (Å²) in [6, 6.07) is 5.65. The maximum Gasteiger partial charge on any atom is 0.234 e. The lowest BCUT2D eigenvalue weighted by atomic mass is 10.0. The standard InChI is InChI=1S/C15H19ClN2O2/c16-12-3-1-2-11-13(6-7-20-15(11)12)18-14(19)9-17-8-10-4-5-10/h1-3,10,13,17H,4-9H2,(H,18,19). The topological polar surface area (TPSA) is 50.4 Å². The first kappa shape index (κ1) is 13.7. The lowest BCUT2D eigenvalue weighted by Crippen LogP contribution is -2.38. The molecule has 0 spiro atoms. The molecular weight excluding hydrogens is 276 g/mol. The number of ether oxygens (including phenoxy) is 1. The van der Waals surface area contributed by atoms with Gasteiger partial charge in [0.15, 0.2) is 0 Å². The highest BCUT2D eigenvalue weighted by Crippen LogP contribution is 2.37. The molecule has 0 saturated heterocycles. The number of halogens is 1. The quantitative estimate of drug-likeness (QED) is 0.876. The van der Waals surface area contributed by atoms with Gasteiger partial charge in [-0.1, -0.05) is 23.7 Å². The van der Waals surface area contributed by atoms with E-state index in [2.05, 4.69) is 10.6 Å². The van der Waals surface area contributed by atoms with Crippen LogP contribution in [0, 0.1) is 5.92 Å². The van der Waals surface area contributed by atoms with E-state index < -0.39 is 0 Å². The number of amides is 1. The third-order valence-corrected chi connectivity index (χ3v) is 4.07. The normalized spacial score (nSPS) is 20.9. The summed E-state index contributed by atoms with van der Waals surface area (Å²) in [6.07, 6.45) is 3.36. The van der Waals surface area contributed by atoms with E-state index in [1.807, 2.05) is 18.2 Å². The Kier molecular flexibility index (Phi) is 4.13. The van der Waals surface area contributed by atoms with Gasteiger partial charge in [0.2, 0.25) is 5.91 Å². The van der Waals surface area contributed by atoms with E-state index in [9.17, 15) is 4.79 Å². The molecule has 0 aromatic heterocycles. The van der Waals surface area contributed by atoms with E-state index in [4.69, 9.17) is 16.3 Å². The molecule has 1 unspecified atom stereocenters. The van der Waals surface area contributed by atoms with Crippen LogP contribution in [-0.4, -0.2) is 25.6 Å². The van der Waals surface area contributed by atoms with Gasteiger partial charge in [0, 0.05) is 12.0 Å². The highest BCUT2D eigenvalue weighted by Gasteiger charge is 2.25. The maximum absolute atomic E-state index is 12.0. The third kappa shape index (κ3) is 3.25. The summed E-state index contributed by atoms with van der Waals surface area (Å²) in [5.41, 5.74) is 0.972. The molecule has 1 atom stereocenters.